The van der Waals surface area contributed by atoms with Gasteiger partial charge in [0.2, 0.25) is 0 Å². The van der Waals surface area contributed by atoms with E-state index in [2.05, 4.69) is 20.3 Å². The molecule has 7 nitrogen and oxygen atoms in total. The van der Waals surface area contributed by atoms with Gasteiger partial charge in [0.15, 0.2) is 0 Å². The average molecular weight is 261 g/mol. The third-order valence-electron chi connectivity index (χ3n) is 2.72. The third-order valence-corrected chi connectivity index (χ3v) is 2.72. The van der Waals surface area contributed by atoms with Gasteiger partial charge in [0.25, 0.3) is 11.5 Å². The molecule has 0 saturated heterocycles. The van der Waals surface area contributed by atoms with E-state index in [0.717, 1.165) is 12.6 Å². The predicted molar refractivity (Wildman–Crippen MR) is 68.6 cm³/mol. The summed E-state index contributed by atoms with van der Waals surface area (Å²) in [6, 6.07) is -0.0181. The third kappa shape index (κ3) is 3.51. The van der Waals surface area contributed by atoms with Crippen molar-refractivity contribution in [2.45, 2.75) is 25.9 Å². The maximum atomic E-state index is 11.9. The van der Waals surface area contributed by atoms with E-state index in [-0.39, 0.29) is 23.2 Å². The Morgan fingerprint density at radius 2 is 2.42 bits per heavy atom. The summed E-state index contributed by atoms with van der Waals surface area (Å²) in [6.45, 7) is 2.63. The highest BCUT2D eigenvalue weighted by Crippen LogP contribution is 1.99. The maximum absolute atomic E-state index is 11.9. The Bertz CT molecular complexity index is 570. The van der Waals surface area contributed by atoms with Crippen molar-refractivity contribution in [3.05, 3.63) is 47.2 Å². The highest BCUT2D eigenvalue weighted by atomic mass is 16.2. The van der Waals surface area contributed by atoms with Crippen molar-refractivity contribution >= 4 is 5.91 Å². The van der Waals surface area contributed by atoms with Gasteiger partial charge in [-0.15, -0.1) is 0 Å². The van der Waals surface area contributed by atoms with Crippen LogP contribution in [0.3, 0.4) is 0 Å². The van der Waals surface area contributed by atoms with Crippen molar-refractivity contribution in [1.82, 2.24) is 24.8 Å². The minimum atomic E-state index is -0.331. The van der Waals surface area contributed by atoms with Gasteiger partial charge in [0, 0.05) is 31.2 Å². The van der Waals surface area contributed by atoms with Crippen LogP contribution >= 0.6 is 0 Å². The number of aromatic amines is 1. The summed E-state index contributed by atoms with van der Waals surface area (Å²) in [6.07, 6.45) is 8.42. The van der Waals surface area contributed by atoms with E-state index in [1.165, 1.54) is 6.20 Å². The number of amides is 1. The minimum Gasteiger partial charge on any atom is -0.346 e. The fraction of sp³-hybridized carbons (Fsp3) is 0.333. The first-order chi connectivity index (χ1) is 9.19. The van der Waals surface area contributed by atoms with Gasteiger partial charge < -0.3 is 14.9 Å². The van der Waals surface area contributed by atoms with Gasteiger partial charge in [-0.2, -0.15) is 0 Å². The zero-order valence-electron chi connectivity index (χ0n) is 10.5. The zero-order chi connectivity index (χ0) is 13.7. The van der Waals surface area contributed by atoms with E-state index in [1.807, 2.05) is 17.7 Å². The second-order valence-corrected chi connectivity index (χ2v) is 4.13. The average Bonchev–Trinajstić information content (AvgIpc) is 2.91. The first kappa shape index (κ1) is 13.0. The summed E-state index contributed by atoms with van der Waals surface area (Å²) in [5, 5.41) is 2.87. The number of aromatic nitrogens is 4. The van der Waals surface area contributed by atoms with Gasteiger partial charge in [-0.25, -0.2) is 9.97 Å². The molecular formula is C12H15N5O2. The molecule has 0 aliphatic rings. The molecule has 1 unspecified atom stereocenters. The molecule has 0 radical (unpaired) electrons. The summed E-state index contributed by atoms with van der Waals surface area (Å²) in [4.78, 5) is 33.0. The smallest absolute Gasteiger partial charge is 0.271 e. The molecule has 0 aliphatic carbocycles. The van der Waals surface area contributed by atoms with E-state index in [0.29, 0.717) is 6.54 Å². The number of hydrogen-bond donors (Lipinski definition) is 2. The van der Waals surface area contributed by atoms with Crippen molar-refractivity contribution in [3.63, 3.8) is 0 Å². The number of imidazole rings is 1. The summed E-state index contributed by atoms with van der Waals surface area (Å²) in [5.41, 5.74) is -0.134. The fourth-order valence-corrected chi connectivity index (χ4v) is 1.65. The van der Waals surface area contributed by atoms with Crippen molar-refractivity contribution in [2.24, 2.45) is 0 Å². The minimum absolute atomic E-state index is 0.0181. The molecule has 0 saturated carbocycles. The number of carbonyl (C=O) groups is 1. The van der Waals surface area contributed by atoms with Crippen LogP contribution < -0.4 is 10.9 Å². The first-order valence-corrected chi connectivity index (χ1v) is 6.00. The topological polar surface area (TPSA) is 92.7 Å². The number of nitrogens with one attached hydrogen (secondary N) is 2. The van der Waals surface area contributed by atoms with Crippen molar-refractivity contribution in [1.29, 1.82) is 0 Å². The van der Waals surface area contributed by atoms with Crippen LogP contribution in [0.4, 0.5) is 0 Å². The van der Waals surface area contributed by atoms with Crippen LogP contribution in [-0.2, 0) is 6.54 Å². The van der Waals surface area contributed by atoms with Gasteiger partial charge in [0.05, 0.1) is 12.5 Å². The lowest BCUT2D eigenvalue weighted by Crippen LogP contribution is -2.38. The van der Waals surface area contributed by atoms with Gasteiger partial charge in [-0.05, 0) is 6.42 Å². The first-order valence-electron chi connectivity index (χ1n) is 6.00. The lowest BCUT2D eigenvalue weighted by molar-refractivity contribution is 0.0926. The largest absolute Gasteiger partial charge is 0.346 e. The Morgan fingerprint density at radius 1 is 1.58 bits per heavy atom. The van der Waals surface area contributed by atoms with Crippen molar-refractivity contribution in [3.8, 4) is 0 Å². The van der Waals surface area contributed by atoms with Gasteiger partial charge in [-0.3, -0.25) is 9.59 Å². The molecule has 1 atom stereocenters. The molecule has 2 heterocycles. The molecule has 0 aromatic carbocycles. The lowest BCUT2D eigenvalue weighted by Gasteiger charge is -2.17. The van der Waals surface area contributed by atoms with Gasteiger partial charge >= 0.3 is 0 Å². The number of hydrogen-bond acceptors (Lipinski definition) is 4. The normalized spacial score (nSPS) is 12.1. The van der Waals surface area contributed by atoms with Crippen LogP contribution in [0.15, 0.2) is 35.9 Å². The molecular weight excluding hydrogens is 246 g/mol. The van der Waals surface area contributed by atoms with Crippen LogP contribution in [0, 0.1) is 0 Å². The van der Waals surface area contributed by atoms with E-state index in [9.17, 15) is 9.59 Å². The van der Waals surface area contributed by atoms with Crippen LogP contribution in [0.5, 0.6) is 0 Å². The summed E-state index contributed by atoms with van der Waals surface area (Å²) in [7, 11) is 0. The molecule has 0 aliphatic heterocycles. The van der Waals surface area contributed by atoms with Crippen LogP contribution in [0.25, 0.3) is 0 Å². The molecule has 2 aromatic rings. The second-order valence-electron chi connectivity index (χ2n) is 4.13. The highest BCUT2D eigenvalue weighted by Gasteiger charge is 2.13. The lowest BCUT2D eigenvalue weighted by atomic mass is 10.2. The maximum Gasteiger partial charge on any atom is 0.271 e. The second kappa shape index (κ2) is 5.94. The Balaban J connectivity index is 1.99. The van der Waals surface area contributed by atoms with Crippen LogP contribution in [0.1, 0.15) is 23.8 Å². The molecule has 100 valence electrons. The van der Waals surface area contributed by atoms with Crippen molar-refractivity contribution < 1.29 is 4.79 Å². The summed E-state index contributed by atoms with van der Waals surface area (Å²) in [5.74, 6) is -0.303. The molecule has 2 rings (SSSR count). The SMILES string of the molecule is CCC(Cn1ccnc1)NC(=O)c1c[nH]c(=O)cn1. The molecule has 0 bridgehead atoms. The van der Waals surface area contributed by atoms with E-state index in [4.69, 9.17) is 0 Å². The Hall–Kier alpha value is -2.44. The number of H-pyrrole nitrogens is 1. The Morgan fingerprint density at radius 3 is 3.00 bits per heavy atom. The van der Waals surface area contributed by atoms with Gasteiger partial charge in [-0.1, -0.05) is 6.92 Å². The van der Waals surface area contributed by atoms with E-state index >= 15 is 0 Å². The zero-order valence-corrected chi connectivity index (χ0v) is 10.5. The van der Waals surface area contributed by atoms with Crippen LogP contribution in [0.2, 0.25) is 0 Å². The number of nitrogens with zero attached hydrogens (tertiary/aromatic N) is 3. The standard InChI is InChI=1S/C12H15N5O2/c1-2-9(7-17-4-3-13-8-17)16-12(19)10-5-15-11(18)6-14-10/h3-6,8-9H,2,7H2,1H3,(H,15,18)(H,16,19). The highest BCUT2D eigenvalue weighted by molar-refractivity contribution is 5.92. The summed E-state index contributed by atoms with van der Waals surface area (Å²) < 4.78 is 1.90. The van der Waals surface area contributed by atoms with Crippen LogP contribution in [-0.4, -0.2) is 31.5 Å². The molecule has 2 aromatic heterocycles. The molecule has 7 heteroatoms. The number of carbonyl (C=O) groups excluding carboxylic acids is 1. The van der Waals surface area contributed by atoms with E-state index in [1.54, 1.807) is 12.5 Å². The molecule has 2 N–H and O–H groups in total. The predicted octanol–water partition coefficient (Wildman–Crippen LogP) is 0.175. The van der Waals surface area contributed by atoms with Crippen molar-refractivity contribution in [2.75, 3.05) is 0 Å². The Labute approximate surface area is 109 Å². The quantitative estimate of drug-likeness (QED) is 0.802. The fourth-order valence-electron chi connectivity index (χ4n) is 1.65. The monoisotopic (exact) mass is 261 g/mol. The van der Waals surface area contributed by atoms with E-state index < -0.39 is 0 Å². The number of rotatable bonds is 5. The molecule has 0 spiro atoms. The Kier molecular flexibility index (Phi) is 4.07. The molecule has 0 fully saturated rings. The van der Waals surface area contributed by atoms with Gasteiger partial charge in [0.1, 0.15) is 5.69 Å². The molecule has 1 amide bonds. The summed E-state index contributed by atoms with van der Waals surface area (Å²) >= 11 is 0. The molecule has 19 heavy (non-hydrogen) atoms.